The van der Waals surface area contributed by atoms with Crippen LogP contribution in [0.1, 0.15) is 20.9 Å². The lowest BCUT2D eigenvalue weighted by atomic mass is 10.1. The molecule has 1 aromatic heterocycles. The number of hydrogen-bond acceptors (Lipinski definition) is 4. The van der Waals surface area contributed by atoms with E-state index in [9.17, 15) is 9.59 Å². The van der Waals surface area contributed by atoms with Crippen LogP contribution in [0, 0.1) is 0 Å². The summed E-state index contributed by atoms with van der Waals surface area (Å²) in [7, 11) is 0. The second-order valence-corrected chi connectivity index (χ2v) is 5.19. The fraction of sp³-hybridized carbons (Fsp3) is 0.250. The molecule has 22 heavy (non-hydrogen) atoms. The molecule has 1 aliphatic rings. The van der Waals surface area contributed by atoms with E-state index >= 15 is 0 Å². The van der Waals surface area contributed by atoms with Gasteiger partial charge >= 0.3 is 0 Å². The van der Waals surface area contributed by atoms with E-state index in [1.807, 2.05) is 0 Å². The third-order valence-electron chi connectivity index (χ3n) is 3.72. The first-order valence-corrected chi connectivity index (χ1v) is 7.13. The second kappa shape index (κ2) is 5.93. The first kappa shape index (κ1) is 14.2. The van der Waals surface area contributed by atoms with Gasteiger partial charge in [-0.3, -0.25) is 9.59 Å². The molecule has 2 heterocycles. The highest BCUT2D eigenvalue weighted by molar-refractivity contribution is 5.95. The van der Waals surface area contributed by atoms with Crippen LogP contribution in [-0.2, 0) is 0 Å². The van der Waals surface area contributed by atoms with E-state index in [2.05, 4.69) is 0 Å². The van der Waals surface area contributed by atoms with Gasteiger partial charge in [-0.1, -0.05) is 6.07 Å². The van der Waals surface area contributed by atoms with Gasteiger partial charge in [0.1, 0.15) is 0 Å². The molecule has 0 atom stereocenters. The van der Waals surface area contributed by atoms with Crippen LogP contribution in [0.3, 0.4) is 0 Å². The average molecular weight is 299 g/mol. The Hall–Kier alpha value is -2.76. The van der Waals surface area contributed by atoms with Crippen molar-refractivity contribution in [3.8, 4) is 0 Å². The van der Waals surface area contributed by atoms with E-state index in [0.29, 0.717) is 43.2 Å². The molecule has 2 N–H and O–H groups in total. The summed E-state index contributed by atoms with van der Waals surface area (Å²) in [4.78, 5) is 28.0. The molecule has 0 unspecified atom stereocenters. The van der Waals surface area contributed by atoms with Crippen LogP contribution >= 0.6 is 0 Å². The standard InChI is InChI=1S/C16H17N3O3/c17-13-4-1-3-12(11-13)15(20)18-6-8-19(9-7-18)16(21)14-5-2-10-22-14/h1-5,10-11H,6-9,17H2. The number of amides is 2. The predicted molar refractivity (Wildman–Crippen MR) is 81.4 cm³/mol. The predicted octanol–water partition coefficient (Wildman–Crippen LogP) is 1.46. The molecule has 2 amide bonds. The Kier molecular flexibility index (Phi) is 3.82. The Morgan fingerprint density at radius 2 is 1.64 bits per heavy atom. The van der Waals surface area contributed by atoms with E-state index in [-0.39, 0.29) is 11.8 Å². The highest BCUT2D eigenvalue weighted by Crippen LogP contribution is 2.13. The molecular weight excluding hydrogens is 282 g/mol. The van der Waals surface area contributed by atoms with Crippen molar-refractivity contribution in [2.24, 2.45) is 0 Å². The number of nitrogens with two attached hydrogens (primary N) is 1. The molecule has 1 fully saturated rings. The maximum Gasteiger partial charge on any atom is 0.289 e. The summed E-state index contributed by atoms with van der Waals surface area (Å²) in [6.07, 6.45) is 1.48. The van der Waals surface area contributed by atoms with Crippen LogP contribution < -0.4 is 5.73 Å². The summed E-state index contributed by atoms with van der Waals surface area (Å²) >= 11 is 0. The quantitative estimate of drug-likeness (QED) is 0.851. The molecule has 2 aromatic rings. The van der Waals surface area contributed by atoms with E-state index in [4.69, 9.17) is 10.2 Å². The Morgan fingerprint density at radius 1 is 0.955 bits per heavy atom. The maximum atomic E-state index is 12.4. The zero-order valence-electron chi connectivity index (χ0n) is 12.1. The topological polar surface area (TPSA) is 79.8 Å². The van der Waals surface area contributed by atoms with Crippen molar-refractivity contribution in [3.63, 3.8) is 0 Å². The minimum absolute atomic E-state index is 0.0580. The van der Waals surface area contributed by atoms with Gasteiger partial charge < -0.3 is 20.0 Å². The van der Waals surface area contributed by atoms with Gasteiger partial charge in [-0.05, 0) is 30.3 Å². The first-order chi connectivity index (χ1) is 10.6. The number of piperazine rings is 1. The van der Waals surface area contributed by atoms with E-state index in [0.717, 1.165) is 0 Å². The van der Waals surface area contributed by atoms with Crippen LogP contribution in [0.4, 0.5) is 5.69 Å². The molecule has 0 bridgehead atoms. The van der Waals surface area contributed by atoms with Gasteiger partial charge in [0.15, 0.2) is 5.76 Å². The molecule has 3 rings (SSSR count). The largest absolute Gasteiger partial charge is 0.459 e. The molecule has 6 heteroatoms. The zero-order valence-corrected chi connectivity index (χ0v) is 12.1. The van der Waals surface area contributed by atoms with Crippen LogP contribution in [0.5, 0.6) is 0 Å². The maximum absolute atomic E-state index is 12.4. The average Bonchev–Trinajstić information content (AvgIpc) is 3.08. The SMILES string of the molecule is Nc1cccc(C(=O)N2CCN(C(=O)c3ccco3)CC2)c1. The van der Waals surface area contributed by atoms with Gasteiger partial charge in [0.05, 0.1) is 6.26 Å². The smallest absolute Gasteiger partial charge is 0.289 e. The van der Waals surface area contributed by atoms with Gasteiger partial charge in [-0.25, -0.2) is 0 Å². The molecule has 114 valence electrons. The van der Waals surface area contributed by atoms with Crippen molar-refractivity contribution >= 4 is 17.5 Å². The first-order valence-electron chi connectivity index (χ1n) is 7.13. The number of benzene rings is 1. The number of rotatable bonds is 2. The third-order valence-corrected chi connectivity index (χ3v) is 3.72. The molecule has 0 saturated carbocycles. The lowest BCUT2D eigenvalue weighted by Crippen LogP contribution is -2.50. The molecule has 1 aromatic carbocycles. The highest BCUT2D eigenvalue weighted by atomic mass is 16.3. The number of carbonyl (C=O) groups excluding carboxylic acids is 2. The van der Waals surface area contributed by atoms with Crippen LogP contribution in [0.15, 0.2) is 47.1 Å². The molecule has 0 aliphatic carbocycles. The Labute approximate surface area is 128 Å². The van der Waals surface area contributed by atoms with Crippen molar-refractivity contribution in [2.45, 2.75) is 0 Å². The van der Waals surface area contributed by atoms with Crippen molar-refractivity contribution in [1.82, 2.24) is 9.80 Å². The number of carbonyl (C=O) groups is 2. The van der Waals surface area contributed by atoms with Crippen molar-refractivity contribution in [3.05, 3.63) is 54.0 Å². The second-order valence-electron chi connectivity index (χ2n) is 5.19. The van der Waals surface area contributed by atoms with Crippen LogP contribution in [0.25, 0.3) is 0 Å². The van der Waals surface area contributed by atoms with Crippen LogP contribution in [0.2, 0.25) is 0 Å². The molecule has 0 spiro atoms. The monoisotopic (exact) mass is 299 g/mol. The van der Waals surface area contributed by atoms with Crippen molar-refractivity contribution in [2.75, 3.05) is 31.9 Å². The summed E-state index contributed by atoms with van der Waals surface area (Å²) in [6.45, 7) is 1.99. The minimum Gasteiger partial charge on any atom is -0.459 e. The Bertz CT molecular complexity index is 674. The van der Waals surface area contributed by atoms with Gasteiger partial charge in [-0.2, -0.15) is 0 Å². The minimum atomic E-state index is -0.138. The third kappa shape index (κ3) is 2.81. The summed E-state index contributed by atoms with van der Waals surface area (Å²) < 4.78 is 5.12. The molecule has 6 nitrogen and oxygen atoms in total. The van der Waals surface area contributed by atoms with Gasteiger partial charge in [0.2, 0.25) is 0 Å². The van der Waals surface area contributed by atoms with E-state index < -0.39 is 0 Å². The van der Waals surface area contributed by atoms with E-state index in [1.54, 1.807) is 46.2 Å². The van der Waals surface area contributed by atoms with Crippen LogP contribution in [-0.4, -0.2) is 47.8 Å². The van der Waals surface area contributed by atoms with E-state index in [1.165, 1.54) is 6.26 Å². The molecule has 1 aliphatic heterocycles. The fourth-order valence-electron chi connectivity index (χ4n) is 2.52. The molecular formula is C16H17N3O3. The lowest BCUT2D eigenvalue weighted by Gasteiger charge is -2.34. The zero-order chi connectivity index (χ0) is 15.5. The number of nitrogen functional groups attached to an aromatic ring is 1. The molecule has 1 saturated heterocycles. The van der Waals surface area contributed by atoms with Crippen molar-refractivity contribution < 1.29 is 14.0 Å². The molecule has 0 radical (unpaired) electrons. The summed E-state index contributed by atoms with van der Waals surface area (Å²) in [6, 6.07) is 10.3. The number of hydrogen-bond donors (Lipinski definition) is 1. The number of anilines is 1. The number of nitrogens with zero attached hydrogens (tertiary/aromatic N) is 2. The van der Waals surface area contributed by atoms with Gasteiger partial charge in [0.25, 0.3) is 11.8 Å². The highest BCUT2D eigenvalue weighted by Gasteiger charge is 2.26. The fourth-order valence-corrected chi connectivity index (χ4v) is 2.52. The number of furan rings is 1. The Morgan fingerprint density at radius 3 is 2.23 bits per heavy atom. The Balaban J connectivity index is 1.62. The van der Waals surface area contributed by atoms with Crippen molar-refractivity contribution in [1.29, 1.82) is 0 Å². The summed E-state index contributed by atoms with van der Waals surface area (Å²) in [5.74, 6) is 0.133. The lowest BCUT2D eigenvalue weighted by molar-refractivity contribution is 0.0518. The normalized spacial score (nSPS) is 14.9. The summed E-state index contributed by atoms with van der Waals surface area (Å²) in [5.41, 5.74) is 6.85. The van der Waals surface area contributed by atoms with Gasteiger partial charge in [0, 0.05) is 37.4 Å². The summed E-state index contributed by atoms with van der Waals surface area (Å²) in [5, 5.41) is 0. The van der Waals surface area contributed by atoms with Gasteiger partial charge in [-0.15, -0.1) is 0 Å².